The highest BCUT2D eigenvalue weighted by Crippen LogP contribution is 2.02. The summed E-state index contributed by atoms with van der Waals surface area (Å²) >= 11 is 0. The molecule has 0 aliphatic rings. The second-order valence-electron chi connectivity index (χ2n) is 2.23. The lowest BCUT2D eigenvalue weighted by Crippen LogP contribution is -2.25. The van der Waals surface area contributed by atoms with Gasteiger partial charge in [0.25, 0.3) is 0 Å². The largest absolute Gasteiger partial charge is 0.396 e. The van der Waals surface area contributed by atoms with Gasteiger partial charge in [0.2, 0.25) is 0 Å². The molecule has 0 saturated carbocycles. The second kappa shape index (κ2) is 6.30. The zero-order chi connectivity index (χ0) is 8.69. The van der Waals surface area contributed by atoms with E-state index >= 15 is 0 Å². The first-order valence-electron chi connectivity index (χ1n) is 3.43. The third-order valence-electron chi connectivity index (χ3n) is 1.39. The van der Waals surface area contributed by atoms with Crippen LogP contribution in [0, 0.1) is 5.92 Å². The number of aliphatic hydroxyl groups excluding tert-OH is 4. The van der Waals surface area contributed by atoms with Gasteiger partial charge < -0.3 is 20.4 Å². The van der Waals surface area contributed by atoms with E-state index in [4.69, 9.17) is 20.4 Å². The fourth-order valence-electron chi connectivity index (χ4n) is 0.631. The smallest absolute Gasteiger partial charge is 0.0793 e. The van der Waals surface area contributed by atoms with Crippen molar-refractivity contribution in [2.75, 3.05) is 19.8 Å². The van der Waals surface area contributed by atoms with Crippen molar-refractivity contribution < 1.29 is 20.4 Å². The Bertz CT molecular complexity index is 109. The van der Waals surface area contributed by atoms with Gasteiger partial charge in [-0.05, 0) is 0 Å². The summed E-state index contributed by atoms with van der Waals surface area (Å²) in [6.07, 6.45) is 1.82. The lowest BCUT2D eigenvalue weighted by molar-refractivity contribution is 0.0582. The molecule has 0 fully saturated rings. The number of hydrogen-bond acceptors (Lipinski definition) is 4. The highest BCUT2D eigenvalue weighted by Gasteiger charge is 2.13. The Morgan fingerprint density at radius 3 is 2.00 bits per heavy atom. The van der Waals surface area contributed by atoms with Gasteiger partial charge in [-0.2, -0.15) is 0 Å². The van der Waals surface area contributed by atoms with Gasteiger partial charge in [-0.1, -0.05) is 12.2 Å². The summed E-state index contributed by atoms with van der Waals surface area (Å²) in [7, 11) is 0. The van der Waals surface area contributed by atoms with Gasteiger partial charge in [0, 0.05) is 5.92 Å². The maximum atomic E-state index is 9.12. The van der Waals surface area contributed by atoms with E-state index in [1.807, 2.05) is 0 Å². The van der Waals surface area contributed by atoms with Gasteiger partial charge in [0.05, 0.1) is 25.9 Å². The highest BCUT2D eigenvalue weighted by atomic mass is 16.3. The summed E-state index contributed by atoms with van der Waals surface area (Å²) in [5.41, 5.74) is 0. The molecule has 0 aliphatic carbocycles. The van der Waals surface area contributed by atoms with Crippen molar-refractivity contribution in [1.82, 2.24) is 0 Å². The van der Waals surface area contributed by atoms with Crippen LogP contribution in [-0.4, -0.2) is 46.4 Å². The van der Waals surface area contributed by atoms with Crippen molar-refractivity contribution in [2.45, 2.75) is 6.10 Å². The predicted octanol–water partition coefficient (Wildman–Crippen LogP) is -1.50. The Hall–Kier alpha value is -0.420. The minimum atomic E-state index is -0.892. The van der Waals surface area contributed by atoms with Gasteiger partial charge in [0.15, 0.2) is 0 Å². The number of rotatable bonds is 5. The Morgan fingerprint density at radius 1 is 1.09 bits per heavy atom. The molecule has 0 rings (SSSR count). The molecule has 0 aromatic heterocycles. The predicted molar refractivity (Wildman–Crippen MR) is 39.9 cm³/mol. The van der Waals surface area contributed by atoms with Crippen molar-refractivity contribution in [3.8, 4) is 0 Å². The van der Waals surface area contributed by atoms with E-state index < -0.39 is 12.0 Å². The van der Waals surface area contributed by atoms with E-state index in [-0.39, 0.29) is 19.8 Å². The molecule has 1 unspecified atom stereocenters. The quantitative estimate of drug-likeness (QED) is 0.371. The molecule has 1 atom stereocenters. The average molecular weight is 162 g/mol. The fourth-order valence-corrected chi connectivity index (χ4v) is 0.631. The summed E-state index contributed by atoms with van der Waals surface area (Å²) in [4.78, 5) is 0. The topological polar surface area (TPSA) is 80.9 Å². The third-order valence-corrected chi connectivity index (χ3v) is 1.39. The van der Waals surface area contributed by atoms with Crippen molar-refractivity contribution in [3.63, 3.8) is 0 Å². The molecule has 0 aromatic rings. The summed E-state index contributed by atoms with van der Waals surface area (Å²) in [5.74, 6) is -0.558. The first-order chi connectivity index (χ1) is 5.26. The van der Waals surface area contributed by atoms with E-state index in [0.717, 1.165) is 0 Å². The molecule has 0 aromatic carbocycles. The van der Waals surface area contributed by atoms with E-state index in [2.05, 4.69) is 0 Å². The number of aliphatic hydroxyl groups is 4. The van der Waals surface area contributed by atoms with Crippen molar-refractivity contribution in [2.24, 2.45) is 5.92 Å². The van der Waals surface area contributed by atoms with Crippen LogP contribution in [0.25, 0.3) is 0 Å². The lowest BCUT2D eigenvalue weighted by Gasteiger charge is -2.14. The third kappa shape index (κ3) is 4.10. The molecule has 0 amide bonds. The zero-order valence-electron chi connectivity index (χ0n) is 6.22. The van der Waals surface area contributed by atoms with Crippen LogP contribution in [-0.2, 0) is 0 Å². The van der Waals surface area contributed by atoms with E-state index in [1.54, 1.807) is 0 Å². The molecule has 0 aliphatic heterocycles. The molecule has 11 heavy (non-hydrogen) atoms. The van der Waals surface area contributed by atoms with Crippen LogP contribution in [0.1, 0.15) is 0 Å². The molecule has 4 N–H and O–H groups in total. The standard InChI is InChI=1S/C7H14O4/c8-3-1-2-7(11)6(4-9)5-10/h1-2,6-11H,3-5H2. The van der Waals surface area contributed by atoms with Gasteiger partial charge in [0.1, 0.15) is 0 Å². The Balaban J connectivity index is 3.77. The normalized spacial score (nSPS) is 14.6. The SMILES string of the molecule is OCC=CC(O)C(CO)CO. The molecule has 4 nitrogen and oxygen atoms in total. The van der Waals surface area contributed by atoms with Crippen molar-refractivity contribution in [1.29, 1.82) is 0 Å². The molecule has 0 heterocycles. The molecule has 4 heteroatoms. The van der Waals surface area contributed by atoms with Crippen LogP contribution in [0.5, 0.6) is 0 Å². The molecular weight excluding hydrogens is 148 g/mol. The Labute approximate surface area is 65.4 Å². The minimum Gasteiger partial charge on any atom is -0.396 e. The summed E-state index contributed by atoms with van der Waals surface area (Å²) in [6.45, 7) is -0.693. The molecular formula is C7H14O4. The van der Waals surface area contributed by atoms with Gasteiger partial charge in [-0.3, -0.25) is 0 Å². The van der Waals surface area contributed by atoms with Crippen LogP contribution in [0.3, 0.4) is 0 Å². The fraction of sp³-hybridized carbons (Fsp3) is 0.714. The molecule has 0 spiro atoms. The summed E-state index contributed by atoms with van der Waals surface area (Å²) < 4.78 is 0. The van der Waals surface area contributed by atoms with Crippen molar-refractivity contribution in [3.05, 3.63) is 12.2 Å². The highest BCUT2D eigenvalue weighted by molar-refractivity contribution is 4.91. The summed E-state index contributed by atoms with van der Waals surface area (Å²) in [5, 5.41) is 34.6. The molecule has 66 valence electrons. The van der Waals surface area contributed by atoms with E-state index in [1.165, 1.54) is 12.2 Å². The average Bonchev–Trinajstić information content (AvgIpc) is 2.03. The lowest BCUT2D eigenvalue weighted by atomic mass is 10.0. The van der Waals surface area contributed by atoms with Crippen LogP contribution < -0.4 is 0 Å². The minimum absolute atomic E-state index is 0.152. The van der Waals surface area contributed by atoms with Gasteiger partial charge in [-0.15, -0.1) is 0 Å². The maximum absolute atomic E-state index is 9.12. The first-order valence-corrected chi connectivity index (χ1v) is 3.43. The first kappa shape index (κ1) is 10.6. The Morgan fingerprint density at radius 2 is 1.64 bits per heavy atom. The van der Waals surface area contributed by atoms with Crippen LogP contribution >= 0.6 is 0 Å². The maximum Gasteiger partial charge on any atom is 0.0793 e. The Kier molecular flexibility index (Phi) is 6.06. The number of hydrogen-bond donors (Lipinski definition) is 4. The zero-order valence-corrected chi connectivity index (χ0v) is 6.22. The van der Waals surface area contributed by atoms with Gasteiger partial charge >= 0.3 is 0 Å². The molecule has 0 saturated heterocycles. The van der Waals surface area contributed by atoms with E-state index in [9.17, 15) is 0 Å². The van der Waals surface area contributed by atoms with Crippen LogP contribution in [0.15, 0.2) is 12.2 Å². The summed E-state index contributed by atoms with van der Waals surface area (Å²) in [6, 6.07) is 0. The molecule has 0 bridgehead atoms. The van der Waals surface area contributed by atoms with E-state index in [0.29, 0.717) is 0 Å². The van der Waals surface area contributed by atoms with Crippen molar-refractivity contribution >= 4 is 0 Å². The van der Waals surface area contributed by atoms with Crippen LogP contribution in [0.4, 0.5) is 0 Å². The van der Waals surface area contributed by atoms with Gasteiger partial charge in [-0.25, -0.2) is 0 Å². The monoisotopic (exact) mass is 162 g/mol. The molecule has 0 radical (unpaired) electrons. The second-order valence-corrected chi connectivity index (χ2v) is 2.23. The van der Waals surface area contributed by atoms with Crippen LogP contribution in [0.2, 0.25) is 0 Å².